The Morgan fingerprint density at radius 3 is 2.68 bits per heavy atom. The van der Waals surface area contributed by atoms with E-state index in [2.05, 4.69) is 10.3 Å². The molecule has 0 radical (unpaired) electrons. The number of hydrogen-bond acceptors (Lipinski definition) is 4. The molecule has 6 heteroatoms. The predicted molar refractivity (Wildman–Crippen MR) is 114 cm³/mol. The first-order valence-corrected chi connectivity index (χ1v) is 10.1. The molecule has 0 bridgehead atoms. The van der Waals surface area contributed by atoms with Crippen LogP contribution in [0.3, 0.4) is 0 Å². The number of carbonyl (C=O) groups is 2. The molecule has 1 aliphatic heterocycles. The summed E-state index contributed by atoms with van der Waals surface area (Å²) < 4.78 is 0. The number of carbonyl (C=O) groups excluding carboxylic acids is 2. The molecule has 2 heterocycles. The summed E-state index contributed by atoms with van der Waals surface area (Å²) in [6.07, 6.45) is 0. The Hall–Kier alpha value is -2.86. The third-order valence-corrected chi connectivity index (χ3v) is 5.90. The van der Waals surface area contributed by atoms with Crippen molar-refractivity contribution < 1.29 is 9.59 Å². The zero-order valence-corrected chi connectivity index (χ0v) is 16.8. The van der Waals surface area contributed by atoms with E-state index in [1.807, 2.05) is 61.5 Å². The molecule has 142 valence electrons. The van der Waals surface area contributed by atoms with Crippen LogP contribution >= 0.6 is 11.8 Å². The molecule has 0 saturated carbocycles. The predicted octanol–water partition coefficient (Wildman–Crippen LogP) is 4.40. The summed E-state index contributed by atoms with van der Waals surface area (Å²) in [6.45, 7) is 5.57. The third kappa shape index (κ3) is 3.14. The van der Waals surface area contributed by atoms with Crippen LogP contribution in [0, 0.1) is 6.92 Å². The molecule has 3 aromatic rings. The van der Waals surface area contributed by atoms with Gasteiger partial charge in [-0.1, -0.05) is 42.1 Å². The van der Waals surface area contributed by atoms with Crippen LogP contribution in [0.5, 0.6) is 0 Å². The molecule has 5 nitrogen and oxygen atoms in total. The molecule has 0 unspecified atom stereocenters. The van der Waals surface area contributed by atoms with Crippen LogP contribution in [0.2, 0.25) is 0 Å². The molecule has 2 amide bonds. The molecule has 0 saturated heterocycles. The number of fused-ring (bicyclic) bond motifs is 2. The van der Waals surface area contributed by atoms with Crippen molar-refractivity contribution in [2.24, 2.45) is 0 Å². The van der Waals surface area contributed by atoms with Gasteiger partial charge < -0.3 is 5.32 Å². The number of rotatable bonds is 3. The molecular weight excluding hydrogens is 370 g/mol. The summed E-state index contributed by atoms with van der Waals surface area (Å²) in [6, 6.07) is 17.4. The number of aromatic nitrogens is 1. The van der Waals surface area contributed by atoms with Crippen LogP contribution in [0.25, 0.3) is 10.9 Å². The number of para-hydroxylation sites is 3. The fraction of sp³-hybridized carbons (Fsp3) is 0.227. The molecule has 1 N–H and O–H groups in total. The minimum absolute atomic E-state index is 0.120. The van der Waals surface area contributed by atoms with Crippen molar-refractivity contribution in [2.45, 2.75) is 31.3 Å². The Morgan fingerprint density at radius 1 is 1.14 bits per heavy atom. The molecule has 0 atom stereocenters. The summed E-state index contributed by atoms with van der Waals surface area (Å²) >= 11 is 1.39. The summed E-state index contributed by atoms with van der Waals surface area (Å²) in [5.41, 5.74) is 2.47. The highest BCUT2D eigenvalue weighted by molar-refractivity contribution is 7.99. The molecule has 0 spiro atoms. The Bertz CT molecular complexity index is 1090. The summed E-state index contributed by atoms with van der Waals surface area (Å²) in [5.74, 6) is -0.107. The normalized spacial score (nSPS) is 15.2. The van der Waals surface area contributed by atoms with Crippen molar-refractivity contribution in [2.75, 3.05) is 16.0 Å². The van der Waals surface area contributed by atoms with Crippen molar-refractivity contribution in [3.8, 4) is 0 Å². The lowest BCUT2D eigenvalue weighted by atomic mass is 9.96. The SMILES string of the molecule is Cc1cc(SCC(=O)N2c3ccccc3NC(=O)C2(C)C)nc2ccccc12. The largest absolute Gasteiger partial charge is 0.322 e. The second-order valence-corrected chi connectivity index (χ2v) is 8.34. The van der Waals surface area contributed by atoms with E-state index in [1.165, 1.54) is 11.8 Å². The Kier molecular flexibility index (Phi) is 4.59. The van der Waals surface area contributed by atoms with Gasteiger partial charge in [-0.25, -0.2) is 4.98 Å². The maximum atomic E-state index is 13.1. The number of hydrogen-bond donors (Lipinski definition) is 1. The second kappa shape index (κ2) is 6.95. The van der Waals surface area contributed by atoms with Gasteiger partial charge in [-0.3, -0.25) is 14.5 Å². The van der Waals surface area contributed by atoms with Gasteiger partial charge in [0, 0.05) is 5.39 Å². The minimum atomic E-state index is -0.960. The van der Waals surface area contributed by atoms with E-state index < -0.39 is 5.54 Å². The maximum absolute atomic E-state index is 13.1. The number of nitrogens with one attached hydrogen (secondary N) is 1. The number of amides is 2. The van der Waals surface area contributed by atoms with Crippen molar-refractivity contribution in [1.82, 2.24) is 4.98 Å². The van der Waals surface area contributed by atoms with Gasteiger partial charge in [0.15, 0.2) is 0 Å². The number of pyridine rings is 1. The number of nitrogens with zero attached hydrogens (tertiary/aromatic N) is 2. The van der Waals surface area contributed by atoms with E-state index in [9.17, 15) is 9.59 Å². The highest BCUT2D eigenvalue weighted by Crippen LogP contribution is 2.37. The van der Waals surface area contributed by atoms with Crippen molar-refractivity contribution in [3.63, 3.8) is 0 Å². The molecule has 4 rings (SSSR count). The average Bonchev–Trinajstić information content (AvgIpc) is 2.67. The molecule has 28 heavy (non-hydrogen) atoms. The first kappa shape index (κ1) is 18.5. The van der Waals surface area contributed by atoms with Crippen molar-refractivity contribution in [3.05, 3.63) is 60.2 Å². The van der Waals surface area contributed by atoms with Crippen LogP contribution in [0.4, 0.5) is 11.4 Å². The number of aryl methyl sites for hydroxylation is 1. The summed E-state index contributed by atoms with van der Waals surface area (Å²) in [5, 5.41) is 4.80. The zero-order chi connectivity index (χ0) is 19.9. The van der Waals surface area contributed by atoms with Gasteiger partial charge >= 0.3 is 0 Å². The highest BCUT2D eigenvalue weighted by atomic mass is 32.2. The topological polar surface area (TPSA) is 62.3 Å². The molecular formula is C22H21N3O2S. The summed E-state index contributed by atoms with van der Waals surface area (Å²) in [7, 11) is 0. The molecule has 1 aliphatic rings. The zero-order valence-electron chi connectivity index (χ0n) is 16.0. The quantitative estimate of drug-likeness (QED) is 0.672. The molecule has 2 aromatic carbocycles. The Labute approximate surface area is 168 Å². The lowest BCUT2D eigenvalue weighted by molar-refractivity contribution is -0.125. The first-order chi connectivity index (χ1) is 13.4. The van der Waals surface area contributed by atoms with Crippen LogP contribution in [-0.4, -0.2) is 28.1 Å². The second-order valence-electron chi connectivity index (χ2n) is 7.34. The van der Waals surface area contributed by atoms with Gasteiger partial charge in [-0.05, 0) is 50.6 Å². The van der Waals surface area contributed by atoms with Crippen molar-refractivity contribution in [1.29, 1.82) is 0 Å². The van der Waals surface area contributed by atoms with E-state index in [0.29, 0.717) is 5.69 Å². The first-order valence-electron chi connectivity index (χ1n) is 9.10. The standard InChI is InChI=1S/C22H21N3O2S/c1-14-12-19(23-16-9-5-4-8-15(14)16)28-13-20(26)25-18-11-7-6-10-17(18)24-21(27)22(25,2)3/h4-12H,13H2,1-3H3,(H,24,27). The highest BCUT2D eigenvalue weighted by Gasteiger charge is 2.43. The fourth-order valence-corrected chi connectivity index (χ4v) is 4.31. The lowest BCUT2D eigenvalue weighted by Gasteiger charge is -2.42. The van der Waals surface area contributed by atoms with Gasteiger partial charge in [0.25, 0.3) is 0 Å². The lowest BCUT2D eigenvalue weighted by Crippen LogP contribution is -2.58. The van der Waals surface area contributed by atoms with Gasteiger partial charge in [-0.15, -0.1) is 0 Å². The van der Waals surface area contributed by atoms with E-state index >= 15 is 0 Å². The Balaban J connectivity index is 1.61. The fourth-order valence-electron chi connectivity index (χ4n) is 3.49. The molecule has 1 aromatic heterocycles. The van der Waals surface area contributed by atoms with Crippen LogP contribution < -0.4 is 10.2 Å². The van der Waals surface area contributed by atoms with E-state index in [-0.39, 0.29) is 17.6 Å². The minimum Gasteiger partial charge on any atom is -0.322 e. The number of thioether (sulfide) groups is 1. The number of anilines is 2. The summed E-state index contributed by atoms with van der Waals surface area (Å²) in [4.78, 5) is 31.9. The van der Waals surface area contributed by atoms with Gasteiger partial charge in [0.2, 0.25) is 11.8 Å². The monoisotopic (exact) mass is 391 g/mol. The maximum Gasteiger partial charge on any atom is 0.250 e. The van der Waals surface area contributed by atoms with Crippen molar-refractivity contribution >= 4 is 45.9 Å². The van der Waals surface area contributed by atoms with Gasteiger partial charge in [0.05, 0.1) is 27.7 Å². The smallest absolute Gasteiger partial charge is 0.250 e. The number of benzene rings is 2. The van der Waals surface area contributed by atoms with Crippen LogP contribution in [-0.2, 0) is 9.59 Å². The van der Waals surface area contributed by atoms with E-state index in [4.69, 9.17) is 0 Å². The van der Waals surface area contributed by atoms with Crippen LogP contribution in [0.1, 0.15) is 19.4 Å². The third-order valence-electron chi connectivity index (χ3n) is 5.00. The van der Waals surface area contributed by atoms with Crippen LogP contribution in [0.15, 0.2) is 59.6 Å². The average molecular weight is 391 g/mol. The molecule has 0 fully saturated rings. The molecule has 0 aliphatic carbocycles. The van der Waals surface area contributed by atoms with Gasteiger partial charge in [0.1, 0.15) is 5.54 Å². The van der Waals surface area contributed by atoms with Gasteiger partial charge in [-0.2, -0.15) is 0 Å². The Morgan fingerprint density at radius 2 is 1.86 bits per heavy atom. The van der Waals surface area contributed by atoms with E-state index in [1.54, 1.807) is 18.7 Å². The van der Waals surface area contributed by atoms with E-state index in [0.717, 1.165) is 27.2 Å².